The lowest BCUT2D eigenvalue weighted by Crippen LogP contribution is -2.17. The van der Waals surface area contributed by atoms with Crippen LogP contribution in [0.4, 0.5) is 0 Å². The van der Waals surface area contributed by atoms with Crippen LogP contribution in [0.15, 0.2) is 41.5 Å². The maximum absolute atomic E-state index is 12.0. The number of halogens is 2. The molecule has 0 heterocycles. The summed E-state index contributed by atoms with van der Waals surface area (Å²) in [4.78, 5) is 12.0. The molecule has 0 fully saturated rings. The number of nitrogens with one attached hydrogen (secondary N) is 1. The second kappa shape index (κ2) is 8.48. The van der Waals surface area contributed by atoms with Gasteiger partial charge in [0.1, 0.15) is 0 Å². The van der Waals surface area contributed by atoms with Crippen molar-refractivity contribution in [2.24, 2.45) is 5.10 Å². The number of hydrogen-bond donors (Lipinski definition) is 1. The van der Waals surface area contributed by atoms with Gasteiger partial charge in [-0.25, -0.2) is 5.43 Å². The van der Waals surface area contributed by atoms with Crippen LogP contribution in [0.25, 0.3) is 0 Å². The Morgan fingerprint density at radius 1 is 1.17 bits per heavy atom. The number of carbonyl (C=O) groups excluding carboxylic acids is 1. The summed E-state index contributed by atoms with van der Waals surface area (Å²) in [6.07, 6.45) is 1.57. The molecule has 0 aliphatic rings. The number of carbonyl (C=O) groups is 1. The van der Waals surface area contributed by atoms with Crippen LogP contribution < -0.4 is 14.9 Å². The van der Waals surface area contributed by atoms with Crippen LogP contribution >= 0.6 is 45.2 Å². The van der Waals surface area contributed by atoms with E-state index in [0.29, 0.717) is 17.1 Å². The highest BCUT2D eigenvalue weighted by Crippen LogP contribution is 2.32. The lowest BCUT2D eigenvalue weighted by molar-refractivity contribution is 0.0955. The highest BCUT2D eigenvalue weighted by molar-refractivity contribution is 14.1. The zero-order valence-electron chi connectivity index (χ0n) is 12.5. The maximum atomic E-state index is 12.0. The van der Waals surface area contributed by atoms with Crippen molar-refractivity contribution in [1.29, 1.82) is 0 Å². The first-order chi connectivity index (χ1) is 11.0. The third kappa shape index (κ3) is 4.80. The fourth-order valence-corrected chi connectivity index (χ4v) is 3.26. The van der Waals surface area contributed by atoms with Gasteiger partial charge in [-0.15, -0.1) is 0 Å². The standard InChI is InChI=1S/C16H14I2N2O3/c1-22-14-7-10(6-13(18)15(14)23-2)9-19-20-16(21)11-4-3-5-12(17)8-11/h3-9H,1-2H3,(H,20,21)/b19-9-. The molecular formula is C16H14I2N2O3. The lowest BCUT2D eigenvalue weighted by atomic mass is 10.2. The van der Waals surface area contributed by atoms with Gasteiger partial charge in [-0.1, -0.05) is 6.07 Å². The molecule has 0 aliphatic heterocycles. The Hall–Kier alpha value is -1.36. The van der Waals surface area contributed by atoms with E-state index in [1.54, 1.807) is 38.6 Å². The summed E-state index contributed by atoms with van der Waals surface area (Å²) in [7, 11) is 3.17. The molecule has 2 aromatic carbocycles. The van der Waals surface area contributed by atoms with Crippen molar-refractivity contribution in [3.8, 4) is 11.5 Å². The average molecular weight is 536 g/mol. The van der Waals surface area contributed by atoms with E-state index in [2.05, 4.69) is 55.7 Å². The van der Waals surface area contributed by atoms with E-state index >= 15 is 0 Å². The summed E-state index contributed by atoms with van der Waals surface area (Å²) in [6.45, 7) is 0. The molecule has 1 N–H and O–H groups in total. The number of rotatable bonds is 5. The largest absolute Gasteiger partial charge is 0.493 e. The molecule has 23 heavy (non-hydrogen) atoms. The van der Waals surface area contributed by atoms with E-state index in [9.17, 15) is 4.79 Å². The van der Waals surface area contributed by atoms with Crippen LogP contribution in [0.1, 0.15) is 15.9 Å². The number of hydrogen-bond acceptors (Lipinski definition) is 4. The molecule has 0 unspecified atom stereocenters. The average Bonchev–Trinajstić information content (AvgIpc) is 2.54. The van der Waals surface area contributed by atoms with Crippen molar-refractivity contribution in [3.05, 3.63) is 54.7 Å². The molecule has 2 aromatic rings. The minimum Gasteiger partial charge on any atom is -0.493 e. The number of amides is 1. The SMILES string of the molecule is COc1cc(/C=N\NC(=O)c2cccc(I)c2)cc(I)c1OC. The topological polar surface area (TPSA) is 59.9 Å². The van der Waals surface area contributed by atoms with E-state index < -0.39 is 0 Å². The van der Waals surface area contributed by atoms with Crippen LogP contribution in [0.3, 0.4) is 0 Å². The molecule has 0 atom stereocenters. The summed E-state index contributed by atoms with van der Waals surface area (Å²) >= 11 is 4.32. The van der Waals surface area contributed by atoms with E-state index in [-0.39, 0.29) is 5.91 Å². The van der Waals surface area contributed by atoms with E-state index in [0.717, 1.165) is 12.7 Å². The summed E-state index contributed by atoms with van der Waals surface area (Å²) < 4.78 is 12.5. The number of benzene rings is 2. The van der Waals surface area contributed by atoms with E-state index in [1.165, 1.54) is 0 Å². The van der Waals surface area contributed by atoms with Crippen LogP contribution in [-0.2, 0) is 0 Å². The van der Waals surface area contributed by atoms with Crippen molar-refractivity contribution < 1.29 is 14.3 Å². The highest BCUT2D eigenvalue weighted by Gasteiger charge is 2.09. The van der Waals surface area contributed by atoms with Crippen molar-refractivity contribution in [1.82, 2.24) is 5.43 Å². The van der Waals surface area contributed by atoms with Crippen LogP contribution in [0.2, 0.25) is 0 Å². The Morgan fingerprint density at radius 3 is 2.61 bits per heavy atom. The number of methoxy groups -OCH3 is 2. The zero-order valence-corrected chi connectivity index (χ0v) is 16.8. The molecule has 5 nitrogen and oxygen atoms in total. The van der Waals surface area contributed by atoms with Crippen molar-refractivity contribution in [2.75, 3.05) is 14.2 Å². The normalized spacial score (nSPS) is 10.6. The molecule has 7 heteroatoms. The summed E-state index contributed by atoms with van der Waals surface area (Å²) in [5.41, 5.74) is 3.88. The fraction of sp³-hybridized carbons (Fsp3) is 0.125. The second-order valence-corrected chi connectivity index (χ2v) is 6.86. The van der Waals surface area contributed by atoms with Gasteiger partial charge in [0.15, 0.2) is 11.5 Å². The number of ether oxygens (including phenoxy) is 2. The van der Waals surface area contributed by atoms with Gasteiger partial charge in [0.05, 0.1) is 24.0 Å². The molecule has 1 amide bonds. The van der Waals surface area contributed by atoms with Gasteiger partial charge < -0.3 is 9.47 Å². The minimum absolute atomic E-state index is 0.255. The van der Waals surface area contributed by atoms with Crippen molar-refractivity contribution >= 4 is 57.3 Å². The van der Waals surface area contributed by atoms with Crippen molar-refractivity contribution in [3.63, 3.8) is 0 Å². The molecule has 2 rings (SSSR count). The Bertz CT molecular complexity index is 748. The summed E-state index contributed by atoms with van der Waals surface area (Å²) in [5, 5.41) is 3.99. The Labute approximate surface area is 161 Å². The molecule has 0 spiro atoms. The summed E-state index contributed by atoms with van der Waals surface area (Å²) in [5.74, 6) is 1.04. The molecule has 0 saturated carbocycles. The third-order valence-electron chi connectivity index (χ3n) is 2.92. The van der Waals surface area contributed by atoms with Gasteiger partial charge >= 0.3 is 0 Å². The van der Waals surface area contributed by atoms with E-state index in [1.807, 2.05) is 18.2 Å². The number of nitrogens with zero attached hydrogens (tertiary/aromatic N) is 1. The zero-order chi connectivity index (χ0) is 16.8. The highest BCUT2D eigenvalue weighted by atomic mass is 127. The minimum atomic E-state index is -0.255. The third-order valence-corrected chi connectivity index (χ3v) is 4.39. The summed E-state index contributed by atoms with van der Waals surface area (Å²) in [6, 6.07) is 11.0. The van der Waals surface area contributed by atoms with Gasteiger partial charge in [-0.3, -0.25) is 4.79 Å². The Morgan fingerprint density at radius 2 is 1.96 bits per heavy atom. The monoisotopic (exact) mass is 536 g/mol. The molecule has 0 aliphatic carbocycles. The van der Waals surface area contributed by atoms with Crippen molar-refractivity contribution in [2.45, 2.75) is 0 Å². The molecule has 120 valence electrons. The first-order valence-corrected chi connectivity index (χ1v) is 8.71. The van der Waals surface area contributed by atoms with E-state index in [4.69, 9.17) is 9.47 Å². The predicted molar refractivity (Wildman–Crippen MR) is 106 cm³/mol. The Balaban J connectivity index is 2.11. The Kier molecular flexibility index (Phi) is 6.63. The van der Waals surface area contributed by atoms with Gasteiger partial charge in [0, 0.05) is 9.13 Å². The molecule has 0 aromatic heterocycles. The lowest BCUT2D eigenvalue weighted by Gasteiger charge is -2.10. The predicted octanol–water partition coefficient (Wildman–Crippen LogP) is 3.68. The molecule has 0 radical (unpaired) electrons. The van der Waals surface area contributed by atoms with Gasteiger partial charge in [0.25, 0.3) is 5.91 Å². The fourth-order valence-electron chi connectivity index (χ4n) is 1.87. The quantitative estimate of drug-likeness (QED) is 0.361. The van der Waals surface area contributed by atoms with Gasteiger partial charge in [-0.2, -0.15) is 5.10 Å². The van der Waals surface area contributed by atoms with Gasteiger partial charge in [-0.05, 0) is 81.1 Å². The smallest absolute Gasteiger partial charge is 0.271 e. The number of hydrazone groups is 1. The van der Waals surface area contributed by atoms with Crippen LogP contribution in [-0.4, -0.2) is 26.3 Å². The van der Waals surface area contributed by atoms with Gasteiger partial charge in [0.2, 0.25) is 0 Å². The van der Waals surface area contributed by atoms with Crippen LogP contribution in [0.5, 0.6) is 11.5 Å². The molecular weight excluding hydrogens is 522 g/mol. The second-order valence-electron chi connectivity index (χ2n) is 4.45. The molecule has 0 bridgehead atoms. The first-order valence-electron chi connectivity index (χ1n) is 6.55. The first kappa shape index (κ1) is 18.0. The molecule has 0 saturated heterocycles. The van der Waals surface area contributed by atoms with Crippen LogP contribution in [0, 0.1) is 7.14 Å². The maximum Gasteiger partial charge on any atom is 0.271 e.